The molecule has 0 amide bonds. The van der Waals surface area contributed by atoms with Crippen LogP contribution < -0.4 is 10.5 Å². The molecule has 6 nitrogen and oxygen atoms in total. The summed E-state index contributed by atoms with van der Waals surface area (Å²) in [6, 6.07) is 0. The van der Waals surface area contributed by atoms with Gasteiger partial charge in [0, 0.05) is 13.1 Å². The molecule has 1 unspecified atom stereocenters. The van der Waals surface area contributed by atoms with Crippen molar-refractivity contribution in [1.29, 1.82) is 0 Å². The molecule has 0 radical (unpaired) electrons. The smallest absolute Gasteiger partial charge is 0.210 e. The highest BCUT2D eigenvalue weighted by molar-refractivity contribution is 7.89. The molecule has 0 saturated heterocycles. The van der Waals surface area contributed by atoms with E-state index in [1.54, 1.807) is 0 Å². The lowest BCUT2D eigenvalue weighted by Crippen LogP contribution is -2.42. The molecule has 0 rings (SSSR count). The number of rotatable bonds is 6. The van der Waals surface area contributed by atoms with Crippen molar-refractivity contribution in [3.05, 3.63) is 0 Å². The summed E-state index contributed by atoms with van der Waals surface area (Å²) in [4.78, 5) is 0. The summed E-state index contributed by atoms with van der Waals surface area (Å²) in [5.41, 5.74) is -1.22. The van der Waals surface area contributed by atoms with E-state index in [1.807, 2.05) is 0 Å². The molecule has 0 aliphatic heterocycles. The summed E-state index contributed by atoms with van der Waals surface area (Å²) in [5.74, 6) is -0.186. The highest BCUT2D eigenvalue weighted by atomic mass is 32.2. The van der Waals surface area contributed by atoms with Crippen molar-refractivity contribution in [3.8, 4) is 0 Å². The highest BCUT2D eigenvalue weighted by Crippen LogP contribution is 1.97. The summed E-state index contributed by atoms with van der Waals surface area (Å²) in [5, 5.41) is 25.3. The Morgan fingerprint density at radius 3 is 2.46 bits per heavy atom. The zero-order valence-electron chi connectivity index (χ0n) is 7.52. The maximum Gasteiger partial charge on any atom is 0.210 e. The van der Waals surface area contributed by atoms with Gasteiger partial charge in [0.1, 0.15) is 0 Å². The molecule has 1 atom stereocenters. The molecule has 0 aromatic carbocycles. The topological polar surface area (TPSA) is 113 Å². The third-order valence-corrected chi connectivity index (χ3v) is 2.18. The van der Waals surface area contributed by atoms with Crippen molar-refractivity contribution in [3.63, 3.8) is 0 Å². The van der Waals surface area contributed by atoms with Gasteiger partial charge >= 0.3 is 0 Å². The first-order valence-electron chi connectivity index (χ1n) is 3.81. The summed E-state index contributed by atoms with van der Waals surface area (Å²) in [6.07, 6.45) is 0. The maximum atomic E-state index is 10.5. The van der Waals surface area contributed by atoms with Crippen LogP contribution in [0.5, 0.6) is 0 Å². The van der Waals surface area contributed by atoms with E-state index in [-0.39, 0.29) is 25.4 Å². The Bertz CT molecular complexity index is 237. The van der Waals surface area contributed by atoms with Crippen molar-refractivity contribution in [2.45, 2.75) is 12.5 Å². The van der Waals surface area contributed by atoms with Gasteiger partial charge in [-0.2, -0.15) is 0 Å². The molecule has 0 aliphatic carbocycles. The number of sulfonamides is 1. The van der Waals surface area contributed by atoms with Gasteiger partial charge in [-0.25, -0.2) is 13.6 Å². The van der Waals surface area contributed by atoms with E-state index in [4.69, 9.17) is 10.2 Å². The van der Waals surface area contributed by atoms with Crippen molar-refractivity contribution in [2.75, 3.05) is 25.4 Å². The minimum Gasteiger partial charge on any atom is -0.393 e. The van der Waals surface area contributed by atoms with E-state index in [0.717, 1.165) is 0 Å². The fraction of sp³-hybridized carbons (Fsp3) is 1.00. The average Bonchev–Trinajstić information content (AvgIpc) is 1.97. The second-order valence-electron chi connectivity index (χ2n) is 3.20. The number of aliphatic hydroxyl groups is 2. The first-order chi connectivity index (χ1) is 5.77. The predicted molar refractivity (Wildman–Crippen MR) is 48.6 cm³/mol. The molecular weight excluding hydrogens is 196 g/mol. The van der Waals surface area contributed by atoms with E-state index in [9.17, 15) is 13.5 Å². The fourth-order valence-corrected chi connectivity index (χ4v) is 1.06. The Labute approximate surface area is 77.8 Å². The van der Waals surface area contributed by atoms with Crippen LogP contribution in [-0.2, 0) is 10.0 Å². The van der Waals surface area contributed by atoms with E-state index in [2.05, 4.69) is 5.32 Å². The van der Waals surface area contributed by atoms with Gasteiger partial charge < -0.3 is 15.5 Å². The van der Waals surface area contributed by atoms with Crippen LogP contribution in [0.1, 0.15) is 6.92 Å². The number of aliphatic hydroxyl groups excluding tert-OH is 1. The normalized spacial score (nSPS) is 16.9. The SMILES string of the molecule is CC(O)(CO)CNCCS(N)(=O)=O. The quantitative estimate of drug-likeness (QED) is 0.367. The van der Waals surface area contributed by atoms with Crippen LogP contribution in [0, 0.1) is 0 Å². The standard InChI is InChI=1S/C6H16N2O4S/c1-6(10,5-9)4-8-2-3-13(7,11)12/h8-10H,2-5H2,1H3,(H2,7,11,12). The van der Waals surface area contributed by atoms with Crippen molar-refractivity contribution in [1.82, 2.24) is 5.32 Å². The van der Waals surface area contributed by atoms with Gasteiger partial charge in [-0.3, -0.25) is 0 Å². The van der Waals surface area contributed by atoms with Gasteiger partial charge in [-0.15, -0.1) is 0 Å². The molecule has 0 bridgehead atoms. The molecule has 80 valence electrons. The maximum absolute atomic E-state index is 10.5. The fourth-order valence-electron chi connectivity index (χ4n) is 0.628. The third-order valence-electron chi connectivity index (χ3n) is 1.41. The number of hydrogen-bond acceptors (Lipinski definition) is 5. The first-order valence-corrected chi connectivity index (χ1v) is 5.53. The Morgan fingerprint density at radius 1 is 1.54 bits per heavy atom. The second kappa shape index (κ2) is 4.87. The lowest BCUT2D eigenvalue weighted by atomic mass is 10.1. The molecule has 0 aromatic rings. The molecule has 0 aromatic heterocycles. The van der Waals surface area contributed by atoms with Gasteiger partial charge in [0.05, 0.1) is 18.0 Å². The number of hydrogen-bond donors (Lipinski definition) is 4. The van der Waals surface area contributed by atoms with E-state index in [0.29, 0.717) is 0 Å². The zero-order valence-corrected chi connectivity index (χ0v) is 8.34. The Morgan fingerprint density at radius 2 is 2.08 bits per heavy atom. The molecule has 0 saturated carbocycles. The Kier molecular flexibility index (Phi) is 4.79. The van der Waals surface area contributed by atoms with Crippen molar-refractivity contribution in [2.24, 2.45) is 5.14 Å². The van der Waals surface area contributed by atoms with Crippen LogP contribution in [0.4, 0.5) is 0 Å². The molecule has 0 spiro atoms. The van der Waals surface area contributed by atoms with Crippen molar-refractivity contribution >= 4 is 10.0 Å². The number of nitrogens with one attached hydrogen (secondary N) is 1. The molecule has 0 fully saturated rings. The molecule has 5 N–H and O–H groups in total. The summed E-state index contributed by atoms with van der Waals surface area (Å²) < 4.78 is 20.9. The van der Waals surface area contributed by atoms with Crippen LogP contribution >= 0.6 is 0 Å². The first kappa shape index (κ1) is 12.8. The van der Waals surface area contributed by atoms with Gasteiger partial charge in [0.2, 0.25) is 10.0 Å². The minimum atomic E-state index is -3.46. The summed E-state index contributed by atoms with van der Waals surface area (Å²) in [7, 11) is -3.46. The van der Waals surface area contributed by atoms with Crippen LogP contribution in [0.15, 0.2) is 0 Å². The second-order valence-corrected chi connectivity index (χ2v) is 4.93. The number of primary sulfonamides is 1. The predicted octanol–water partition coefficient (Wildman–Crippen LogP) is -2.39. The molecule has 0 heterocycles. The van der Waals surface area contributed by atoms with Crippen LogP contribution in [0.3, 0.4) is 0 Å². The zero-order chi connectivity index (χ0) is 10.5. The lowest BCUT2D eigenvalue weighted by Gasteiger charge is -2.20. The van der Waals surface area contributed by atoms with Crippen LogP contribution in [0.2, 0.25) is 0 Å². The van der Waals surface area contributed by atoms with Gasteiger partial charge in [0.25, 0.3) is 0 Å². The van der Waals surface area contributed by atoms with E-state index >= 15 is 0 Å². The van der Waals surface area contributed by atoms with E-state index < -0.39 is 15.6 Å². The molecule has 7 heteroatoms. The largest absolute Gasteiger partial charge is 0.393 e. The van der Waals surface area contributed by atoms with Crippen molar-refractivity contribution < 1.29 is 18.6 Å². The molecular formula is C6H16N2O4S. The average molecular weight is 212 g/mol. The number of nitrogens with two attached hydrogens (primary N) is 1. The summed E-state index contributed by atoms with van der Waals surface area (Å²) in [6.45, 7) is 1.35. The van der Waals surface area contributed by atoms with Gasteiger partial charge in [-0.05, 0) is 6.92 Å². The Balaban J connectivity index is 3.58. The minimum absolute atomic E-state index is 0.124. The Hall–Kier alpha value is -0.210. The molecule has 0 aliphatic rings. The van der Waals surface area contributed by atoms with Gasteiger partial charge in [-0.1, -0.05) is 0 Å². The van der Waals surface area contributed by atoms with E-state index in [1.165, 1.54) is 6.92 Å². The lowest BCUT2D eigenvalue weighted by molar-refractivity contribution is 0.00322. The van der Waals surface area contributed by atoms with Crippen LogP contribution in [-0.4, -0.2) is 49.7 Å². The third kappa shape index (κ3) is 8.13. The monoisotopic (exact) mass is 212 g/mol. The summed E-state index contributed by atoms with van der Waals surface area (Å²) >= 11 is 0. The molecule has 13 heavy (non-hydrogen) atoms. The van der Waals surface area contributed by atoms with Crippen LogP contribution in [0.25, 0.3) is 0 Å². The van der Waals surface area contributed by atoms with Gasteiger partial charge in [0.15, 0.2) is 0 Å². The highest BCUT2D eigenvalue weighted by Gasteiger charge is 2.17.